The highest BCUT2D eigenvalue weighted by atomic mass is 32.1. The lowest BCUT2D eigenvalue weighted by atomic mass is 10.0. The highest BCUT2D eigenvalue weighted by molar-refractivity contribution is 7.80. The first-order valence-corrected chi connectivity index (χ1v) is 9.73. The molecule has 0 aliphatic carbocycles. The molecule has 0 fully saturated rings. The van der Waals surface area contributed by atoms with Gasteiger partial charge in [0.05, 0.1) is 6.61 Å². The molecule has 0 aliphatic heterocycles. The number of rotatable bonds is 7. The van der Waals surface area contributed by atoms with Gasteiger partial charge in [0.2, 0.25) is 0 Å². The van der Waals surface area contributed by atoms with Crippen molar-refractivity contribution in [1.29, 1.82) is 0 Å². The molecule has 5 nitrogen and oxygen atoms in total. The molecule has 0 unspecified atom stereocenters. The molecule has 2 aromatic carbocycles. The number of benzene rings is 2. The van der Waals surface area contributed by atoms with Crippen molar-refractivity contribution >= 4 is 23.2 Å². The monoisotopic (exact) mass is 399 g/mol. The number of hydrogen-bond acceptors (Lipinski definition) is 4. The molecule has 0 saturated heterocycles. The maximum absolute atomic E-state index is 9.01. The summed E-state index contributed by atoms with van der Waals surface area (Å²) in [6.45, 7) is 7.80. The van der Waals surface area contributed by atoms with Crippen LogP contribution < -0.4 is 10.5 Å². The van der Waals surface area contributed by atoms with Crippen LogP contribution in [0.2, 0.25) is 0 Å². The van der Waals surface area contributed by atoms with Gasteiger partial charge in [0, 0.05) is 18.7 Å². The maximum atomic E-state index is 9.01. The number of hydrogen-bond donors (Lipinski definition) is 2. The van der Waals surface area contributed by atoms with Crippen LogP contribution in [0.3, 0.4) is 0 Å². The Morgan fingerprint density at radius 1 is 1.11 bits per heavy atom. The maximum Gasteiger partial charge on any atom is 0.290 e. The molecule has 6 heteroatoms. The van der Waals surface area contributed by atoms with E-state index < -0.39 is 0 Å². The number of aliphatic hydroxyl groups excluding tert-OH is 1. The van der Waals surface area contributed by atoms with Crippen LogP contribution in [0.15, 0.2) is 41.4 Å². The first kappa shape index (κ1) is 22.0. The fourth-order valence-corrected chi connectivity index (χ4v) is 3.01. The van der Waals surface area contributed by atoms with Crippen molar-refractivity contribution in [2.45, 2.75) is 27.2 Å². The van der Waals surface area contributed by atoms with Gasteiger partial charge in [-0.3, -0.25) is 0 Å². The first-order valence-electron chi connectivity index (χ1n) is 9.32. The number of ether oxygens (including phenoxy) is 1. The lowest BCUT2D eigenvalue weighted by Crippen LogP contribution is -2.24. The molecule has 0 atom stereocenters. The number of likely N-dealkylation sites (N-methyl/N-ethyl adjacent to an activating group) is 1. The zero-order valence-corrected chi connectivity index (χ0v) is 17.8. The van der Waals surface area contributed by atoms with Crippen molar-refractivity contribution in [2.24, 2.45) is 10.7 Å². The minimum Gasteiger partial charge on any atom is -0.430 e. The van der Waals surface area contributed by atoms with E-state index >= 15 is 0 Å². The molecule has 0 aromatic heterocycles. The zero-order chi connectivity index (χ0) is 20.7. The summed E-state index contributed by atoms with van der Waals surface area (Å²) in [6.07, 6.45) is 0.909. The lowest BCUT2D eigenvalue weighted by Gasteiger charge is -2.17. The van der Waals surface area contributed by atoms with Gasteiger partial charge < -0.3 is 20.5 Å². The Hall–Kier alpha value is -2.28. The van der Waals surface area contributed by atoms with E-state index in [9.17, 15) is 0 Å². The normalized spacial score (nSPS) is 11.7. The third-order valence-corrected chi connectivity index (χ3v) is 4.81. The van der Waals surface area contributed by atoms with Crippen molar-refractivity contribution in [2.75, 3.05) is 26.7 Å². The Kier molecular flexibility index (Phi) is 8.11. The van der Waals surface area contributed by atoms with E-state index in [4.69, 9.17) is 27.8 Å². The zero-order valence-electron chi connectivity index (χ0n) is 17.0. The van der Waals surface area contributed by atoms with Crippen LogP contribution in [-0.2, 0) is 6.42 Å². The van der Waals surface area contributed by atoms with E-state index in [0.717, 1.165) is 35.2 Å². The minimum absolute atomic E-state index is 0.0935. The van der Waals surface area contributed by atoms with Crippen LogP contribution in [0.1, 0.15) is 27.8 Å². The van der Waals surface area contributed by atoms with Gasteiger partial charge in [-0.15, -0.1) is 0 Å². The summed E-state index contributed by atoms with van der Waals surface area (Å²) < 4.78 is 5.78. The number of thiocarbonyl (C=S) groups is 1. The van der Waals surface area contributed by atoms with Crippen LogP contribution in [0, 0.1) is 20.8 Å². The molecule has 0 bridgehead atoms. The molecule has 0 radical (unpaired) electrons. The highest BCUT2D eigenvalue weighted by Crippen LogP contribution is 2.24. The Morgan fingerprint density at radius 2 is 1.79 bits per heavy atom. The molecule has 2 rings (SSSR count). The predicted molar refractivity (Wildman–Crippen MR) is 119 cm³/mol. The Morgan fingerprint density at radius 3 is 2.43 bits per heavy atom. The van der Waals surface area contributed by atoms with Crippen molar-refractivity contribution in [3.8, 4) is 5.75 Å². The Balaban J connectivity index is 2.07. The third-order valence-electron chi connectivity index (χ3n) is 4.63. The van der Waals surface area contributed by atoms with Gasteiger partial charge >= 0.3 is 0 Å². The number of aryl methyl sites for hydroxylation is 3. The molecule has 28 heavy (non-hydrogen) atoms. The molecule has 0 spiro atoms. The van der Waals surface area contributed by atoms with Crippen LogP contribution in [0.25, 0.3) is 0 Å². The Labute approximate surface area is 172 Å². The minimum atomic E-state index is 0.0935. The molecular weight excluding hydrogens is 370 g/mol. The summed E-state index contributed by atoms with van der Waals surface area (Å²) in [5.74, 6) is 1.03. The van der Waals surface area contributed by atoms with E-state index in [1.54, 1.807) is 0 Å². The van der Waals surface area contributed by atoms with Crippen LogP contribution in [-0.4, -0.2) is 47.8 Å². The second kappa shape index (κ2) is 10.3. The molecule has 150 valence electrons. The van der Waals surface area contributed by atoms with Gasteiger partial charge in [0.1, 0.15) is 11.6 Å². The predicted octanol–water partition coefficient (Wildman–Crippen LogP) is 3.15. The van der Waals surface area contributed by atoms with E-state index in [-0.39, 0.29) is 11.8 Å². The molecule has 0 saturated carbocycles. The Bertz CT molecular complexity index is 848. The second-order valence-electron chi connectivity index (χ2n) is 7.05. The molecule has 3 N–H and O–H groups in total. The van der Waals surface area contributed by atoms with Gasteiger partial charge in [-0.05, 0) is 69.2 Å². The fourth-order valence-electron chi connectivity index (χ4n) is 2.83. The molecule has 2 aromatic rings. The van der Waals surface area contributed by atoms with Gasteiger partial charge in [-0.25, -0.2) is 0 Å². The quantitative estimate of drug-likeness (QED) is 0.425. The van der Waals surface area contributed by atoms with E-state index in [0.29, 0.717) is 18.1 Å². The summed E-state index contributed by atoms with van der Waals surface area (Å²) >= 11 is 5.27. The average molecular weight is 400 g/mol. The topological polar surface area (TPSA) is 71.1 Å². The van der Waals surface area contributed by atoms with E-state index in [2.05, 4.69) is 22.9 Å². The molecule has 0 heterocycles. The lowest BCUT2D eigenvalue weighted by molar-refractivity contribution is 0.223. The van der Waals surface area contributed by atoms with Crippen molar-refractivity contribution in [3.05, 3.63) is 64.2 Å². The number of aliphatic imine (C=N–C) groups is 1. The van der Waals surface area contributed by atoms with Gasteiger partial charge in [0.25, 0.3) is 5.17 Å². The average Bonchev–Trinajstić information content (AvgIpc) is 2.64. The standard InChI is InChI=1S/C22H29N3O2S/c1-15-5-7-18(8-6-15)21(23)24-22(28)27-20-14-16(2)19(13-17(20)3)9-10-25(4)11-12-26/h5-8,13-14,26H,9-12H2,1-4H3,(H2,23,24,28). The summed E-state index contributed by atoms with van der Waals surface area (Å²) in [5.41, 5.74) is 11.4. The van der Waals surface area contributed by atoms with E-state index in [1.807, 2.05) is 51.2 Å². The molecule has 0 amide bonds. The highest BCUT2D eigenvalue weighted by Gasteiger charge is 2.10. The van der Waals surface area contributed by atoms with Gasteiger partial charge in [-0.2, -0.15) is 4.99 Å². The van der Waals surface area contributed by atoms with Crippen molar-refractivity contribution in [3.63, 3.8) is 0 Å². The summed E-state index contributed by atoms with van der Waals surface area (Å²) in [5, 5.41) is 9.10. The molecular formula is C22H29N3O2S. The first-order chi connectivity index (χ1) is 13.3. The van der Waals surface area contributed by atoms with Crippen LogP contribution >= 0.6 is 12.2 Å². The van der Waals surface area contributed by atoms with Gasteiger partial charge in [-0.1, -0.05) is 35.9 Å². The number of amidine groups is 1. The smallest absolute Gasteiger partial charge is 0.290 e. The largest absolute Gasteiger partial charge is 0.430 e. The van der Waals surface area contributed by atoms with Crippen molar-refractivity contribution in [1.82, 2.24) is 4.90 Å². The fraction of sp³-hybridized carbons (Fsp3) is 0.364. The summed E-state index contributed by atoms with van der Waals surface area (Å²) in [6, 6.07) is 11.9. The van der Waals surface area contributed by atoms with Crippen LogP contribution in [0.4, 0.5) is 0 Å². The SMILES string of the molecule is Cc1ccc(C(N)=NC(=S)Oc2cc(C)c(CCN(C)CCO)cc2C)cc1. The van der Waals surface area contributed by atoms with Crippen LogP contribution in [0.5, 0.6) is 5.75 Å². The second-order valence-corrected chi connectivity index (χ2v) is 7.40. The summed E-state index contributed by atoms with van der Waals surface area (Å²) in [7, 11) is 2.00. The molecule has 0 aliphatic rings. The third kappa shape index (κ3) is 6.41. The van der Waals surface area contributed by atoms with E-state index in [1.165, 1.54) is 5.56 Å². The number of aliphatic hydroxyl groups is 1. The summed E-state index contributed by atoms with van der Waals surface area (Å²) in [4.78, 5) is 6.33. The van der Waals surface area contributed by atoms with Gasteiger partial charge in [0.15, 0.2) is 0 Å². The number of nitrogens with zero attached hydrogens (tertiary/aromatic N) is 2. The van der Waals surface area contributed by atoms with Crippen molar-refractivity contribution < 1.29 is 9.84 Å². The number of nitrogens with two attached hydrogens (primary N) is 1.